The van der Waals surface area contributed by atoms with Crippen LogP contribution in [-0.4, -0.2) is 55.4 Å². The Kier molecular flexibility index (Phi) is 7.23. The zero-order valence-corrected chi connectivity index (χ0v) is 13.1. The van der Waals surface area contributed by atoms with Crippen molar-refractivity contribution in [1.82, 2.24) is 4.90 Å². The van der Waals surface area contributed by atoms with Gasteiger partial charge in [0.25, 0.3) is 0 Å². The van der Waals surface area contributed by atoms with Crippen molar-refractivity contribution in [1.29, 1.82) is 0 Å². The van der Waals surface area contributed by atoms with Gasteiger partial charge in [-0.3, -0.25) is 4.79 Å². The largest absolute Gasteiger partial charge is 0.381 e. The van der Waals surface area contributed by atoms with Crippen LogP contribution in [0.1, 0.15) is 39.0 Å². The van der Waals surface area contributed by atoms with Gasteiger partial charge in [-0.25, -0.2) is 0 Å². The molecule has 1 atom stereocenters. The van der Waals surface area contributed by atoms with E-state index in [1.165, 1.54) is 0 Å². The lowest BCUT2D eigenvalue weighted by molar-refractivity contribution is -0.168. The molecule has 0 aromatic carbocycles. The van der Waals surface area contributed by atoms with E-state index in [4.69, 9.17) is 15.2 Å². The number of morpholine rings is 1. The number of unbranched alkanes of at least 4 members (excludes halogenated alkanes) is 1. The Bertz CT molecular complexity index is 303. The van der Waals surface area contributed by atoms with Crippen molar-refractivity contribution in [2.24, 2.45) is 5.73 Å². The summed E-state index contributed by atoms with van der Waals surface area (Å²) in [6.07, 6.45) is 4.62. The summed E-state index contributed by atoms with van der Waals surface area (Å²) in [6.45, 7) is 5.53. The molecule has 2 saturated heterocycles. The van der Waals surface area contributed by atoms with Crippen molar-refractivity contribution in [3.8, 4) is 0 Å². The molecule has 2 N–H and O–H groups in total. The Morgan fingerprint density at radius 1 is 1.35 bits per heavy atom. The van der Waals surface area contributed by atoms with Crippen molar-refractivity contribution in [3.05, 3.63) is 0 Å². The van der Waals surface area contributed by atoms with Gasteiger partial charge in [-0.1, -0.05) is 19.8 Å². The second-order valence-electron chi connectivity index (χ2n) is 5.65. The van der Waals surface area contributed by atoms with E-state index in [-0.39, 0.29) is 30.0 Å². The maximum Gasteiger partial charge on any atom is 0.239 e. The molecular weight excluding hydrogens is 280 g/mol. The highest BCUT2D eigenvalue weighted by molar-refractivity contribution is 5.85. The van der Waals surface area contributed by atoms with E-state index in [2.05, 4.69) is 6.92 Å². The number of halogens is 1. The SMILES string of the molecule is CCCCC(N)C(=O)N1CCOC2(CCOCC2)C1.Cl. The minimum absolute atomic E-state index is 0. The zero-order valence-electron chi connectivity index (χ0n) is 12.3. The standard InChI is InChI=1S/C14H26N2O3.ClH/c1-2-3-4-12(15)13(17)16-7-10-19-14(11-16)5-8-18-9-6-14;/h12H,2-11,15H2,1H3;1H. The van der Waals surface area contributed by atoms with Crippen LogP contribution in [0.15, 0.2) is 0 Å². The van der Waals surface area contributed by atoms with Crippen LogP contribution in [0.2, 0.25) is 0 Å². The normalized spacial score (nSPS) is 23.2. The first kappa shape index (κ1) is 17.7. The Morgan fingerprint density at radius 2 is 2.05 bits per heavy atom. The topological polar surface area (TPSA) is 64.8 Å². The molecule has 0 aliphatic carbocycles. The monoisotopic (exact) mass is 306 g/mol. The molecule has 6 heteroatoms. The van der Waals surface area contributed by atoms with Gasteiger partial charge in [0, 0.05) is 39.1 Å². The summed E-state index contributed by atoms with van der Waals surface area (Å²) in [5.74, 6) is 0.0858. The summed E-state index contributed by atoms with van der Waals surface area (Å²) < 4.78 is 11.3. The Balaban J connectivity index is 0.00000200. The molecule has 2 fully saturated rings. The van der Waals surface area contributed by atoms with Crippen molar-refractivity contribution >= 4 is 18.3 Å². The predicted octanol–water partition coefficient (Wildman–Crippen LogP) is 1.33. The molecule has 2 rings (SSSR count). The summed E-state index contributed by atoms with van der Waals surface area (Å²) in [4.78, 5) is 14.2. The fourth-order valence-electron chi connectivity index (χ4n) is 2.86. The molecule has 20 heavy (non-hydrogen) atoms. The first-order valence-electron chi connectivity index (χ1n) is 7.43. The average molecular weight is 307 g/mol. The van der Waals surface area contributed by atoms with E-state index < -0.39 is 0 Å². The van der Waals surface area contributed by atoms with Crippen LogP contribution in [0.4, 0.5) is 0 Å². The van der Waals surface area contributed by atoms with E-state index in [0.29, 0.717) is 19.7 Å². The van der Waals surface area contributed by atoms with Crippen LogP contribution < -0.4 is 5.73 Å². The molecule has 2 aliphatic heterocycles. The molecule has 1 spiro atoms. The number of carbonyl (C=O) groups excluding carboxylic acids is 1. The molecule has 0 bridgehead atoms. The highest BCUT2D eigenvalue weighted by Crippen LogP contribution is 2.29. The van der Waals surface area contributed by atoms with Crippen LogP contribution in [0.25, 0.3) is 0 Å². The van der Waals surface area contributed by atoms with Crippen LogP contribution in [0.5, 0.6) is 0 Å². The highest BCUT2D eigenvalue weighted by atomic mass is 35.5. The van der Waals surface area contributed by atoms with Crippen LogP contribution in [-0.2, 0) is 14.3 Å². The summed E-state index contributed by atoms with van der Waals surface area (Å²) in [7, 11) is 0. The number of hydrogen-bond donors (Lipinski definition) is 1. The van der Waals surface area contributed by atoms with E-state index in [1.54, 1.807) is 0 Å². The molecule has 0 radical (unpaired) electrons. The lowest BCUT2D eigenvalue weighted by Gasteiger charge is -2.45. The lowest BCUT2D eigenvalue weighted by Crippen LogP contribution is -2.58. The molecule has 118 valence electrons. The number of nitrogens with zero attached hydrogens (tertiary/aromatic N) is 1. The van der Waals surface area contributed by atoms with Gasteiger partial charge < -0.3 is 20.1 Å². The number of amides is 1. The third-order valence-corrected chi connectivity index (χ3v) is 4.15. The average Bonchev–Trinajstić information content (AvgIpc) is 2.45. The van der Waals surface area contributed by atoms with Crippen LogP contribution >= 0.6 is 12.4 Å². The van der Waals surface area contributed by atoms with Crippen molar-refractivity contribution < 1.29 is 14.3 Å². The molecular formula is C14H27ClN2O3. The molecule has 0 aromatic heterocycles. The van der Waals surface area contributed by atoms with Gasteiger partial charge in [-0.15, -0.1) is 12.4 Å². The smallest absolute Gasteiger partial charge is 0.239 e. The zero-order chi connectivity index (χ0) is 13.7. The number of rotatable bonds is 4. The van der Waals surface area contributed by atoms with Gasteiger partial charge in [0.05, 0.1) is 18.2 Å². The van der Waals surface area contributed by atoms with Gasteiger partial charge in [0.1, 0.15) is 0 Å². The van der Waals surface area contributed by atoms with E-state index in [1.807, 2.05) is 4.90 Å². The van der Waals surface area contributed by atoms with Gasteiger partial charge in [-0.05, 0) is 6.42 Å². The molecule has 2 heterocycles. The minimum atomic E-state index is -0.352. The maximum absolute atomic E-state index is 12.3. The van der Waals surface area contributed by atoms with Crippen molar-refractivity contribution in [2.45, 2.75) is 50.7 Å². The van der Waals surface area contributed by atoms with Gasteiger partial charge in [-0.2, -0.15) is 0 Å². The number of carbonyl (C=O) groups is 1. The van der Waals surface area contributed by atoms with Crippen LogP contribution in [0, 0.1) is 0 Å². The first-order chi connectivity index (χ1) is 9.17. The molecule has 5 nitrogen and oxygen atoms in total. The summed E-state index contributed by atoms with van der Waals surface area (Å²) >= 11 is 0. The van der Waals surface area contributed by atoms with Gasteiger partial charge >= 0.3 is 0 Å². The maximum atomic E-state index is 12.3. The molecule has 1 amide bonds. The van der Waals surface area contributed by atoms with Crippen molar-refractivity contribution in [2.75, 3.05) is 32.9 Å². The third-order valence-electron chi connectivity index (χ3n) is 4.15. The minimum Gasteiger partial charge on any atom is -0.381 e. The van der Waals surface area contributed by atoms with Crippen LogP contribution in [0.3, 0.4) is 0 Å². The fraction of sp³-hybridized carbons (Fsp3) is 0.929. The summed E-state index contributed by atoms with van der Waals surface area (Å²) in [6, 6.07) is -0.352. The lowest BCUT2D eigenvalue weighted by atomic mass is 9.91. The Labute approximate surface area is 127 Å². The van der Waals surface area contributed by atoms with Gasteiger partial charge in [0.15, 0.2) is 0 Å². The quantitative estimate of drug-likeness (QED) is 0.851. The molecule has 0 saturated carbocycles. The number of ether oxygens (including phenoxy) is 2. The number of nitrogens with two attached hydrogens (primary N) is 1. The van der Waals surface area contributed by atoms with E-state index in [0.717, 1.165) is 45.3 Å². The number of hydrogen-bond acceptors (Lipinski definition) is 4. The Hall–Kier alpha value is -0.360. The van der Waals surface area contributed by atoms with E-state index >= 15 is 0 Å². The molecule has 2 aliphatic rings. The third kappa shape index (κ3) is 4.32. The fourth-order valence-corrected chi connectivity index (χ4v) is 2.86. The highest BCUT2D eigenvalue weighted by Gasteiger charge is 2.40. The summed E-state index contributed by atoms with van der Waals surface area (Å²) in [5.41, 5.74) is 5.81. The van der Waals surface area contributed by atoms with E-state index in [9.17, 15) is 4.79 Å². The molecule has 1 unspecified atom stereocenters. The second-order valence-corrected chi connectivity index (χ2v) is 5.65. The summed E-state index contributed by atoms with van der Waals surface area (Å²) in [5, 5.41) is 0. The van der Waals surface area contributed by atoms with Crippen molar-refractivity contribution in [3.63, 3.8) is 0 Å². The van der Waals surface area contributed by atoms with Gasteiger partial charge in [0.2, 0.25) is 5.91 Å². The first-order valence-corrected chi connectivity index (χ1v) is 7.43. The Morgan fingerprint density at radius 3 is 2.70 bits per heavy atom. The second kappa shape index (κ2) is 8.17. The molecule has 0 aromatic rings. The predicted molar refractivity (Wildman–Crippen MR) is 80.1 cm³/mol.